The molecule has 2 N–H and O–H groups in total. The van der Waals surface area contributed by atoms with E-state index in [1.54, 1.807) is 0 Å². The largest absolute Gasteiger partial charge is 0.364 e. The number of aliphatic hydroxyl groups excluding tert-OH is 1. The van der Waals surface area contributed by atoms with Gasteiger partial charge in [-0.15, -0.1) is 0 Å². The Morgan fingerprint density at radius 3 is 2.50 bits per heavy atom. The molecule has 0 amide bonds. The molecule has 0 aromatic heterocycles. The zero-order chi connectivity index (χ0) is 12.9. The second-order valence-corrected chi connectivity index (χ2v) is 7.77. The number of fused-ring (bicyclic) bond motifs is 4. The van der Waals surface area contributed by atoms with E-state index in [1.165, 1.54) is 0 Å². The summed E-state index contributed by atoms with van der Waals surface area (Å²) in [5, 5.41) is 20.5. The topological polar surface area (TPSA) is 58.9 Å². The van der Waals surface area contributed by atoms with Gasteiger partial charge in [-0.05, 0) is 43.4 Å². The summed E-state index contributed by atoms with van der Waals surface area (Å²) in [6, 6.07) is 0. The first-order chi connectivity index (χ1) is 8.25. The number of hydrogen-bond donors (Lipinski definition) is 2. The van der Waals surface area contributed by atoms with Gasteiger partial charge in [-0.2, -0.15) is 0 Å². The number of ether oxygens (including phenoxy) is 2. The molecule has 4 rings (SSSR count). The minimum Gasteiger partial charge on any atom is -0.364 e. The Morgan fingerprint density at radius 1 is 1.06 bits per heavy atom. The predicted octanol–water partition coefficient (Wildman–Crippen LogP) is 1.25. The summed E-state index contributed by atoms with van der Waals surface area (Å²) in [6.07, 6.45) is 1.81. The smallest absolute Gasteiger partial charge is 0.224 e. The van der Waals surface area contributed by atoms with Crippen molar-refractivity contribution in [2.75, 3.05) is 0 Å². The molecule has 4 heteroatoms. The highest BCUT2D eigenvalue weighted by Gasteiger charge is 2.74. The average Bonchev–Trinajstić information content (AvgIpc) is 2.76. The SMILES string of the molecule is CC1(C)C[C@H]2C3O[C@@H](O)[C@]4(O)OC(C)(CC34)[C@H]2C1. The van der Waals surface area contributed by atoms with Gasteiger partial charge in [0.05, 0.1) is 11.7 Å². The highest BCUT2D eigenvalue weighted by Crippen LogP contribution is 2.66. The normalized spacial score (nSPS) is 64.2. The van der Waals surface area contributed by atoms with Crippen molar-refractivity contribution in [2.45, 2.75) is 63.8 Å². The van der Waals surface area contributed by atoms with Crippen LogP contribution in [0.1, 0.15) is 40.0 Å². The fraction of sp³-hybridized carbons (Fsp3) is 1.00. The molecule has 0 aromatic rings. The van der Waals surface area contributed by atoms with Crippen LogP contribution in [0, 0.1) is 23.2 Å². The second kappa shape index (κ2) is 2.95. The van der Waals surface area contributed by atoms with E-state index >= 15 is 0 Å². The van der Waals surface area contributed by atoms with Crippen LogP contribution >= 0.6 is 0 Å². The molecule has 4 fully saturated rings. The van der Waals surface area contributed by atoms with Crippen molar-refractivity contribution in [3.8, 4) is 0 Å². The van der Waals surface area contributed by atoms with E-state index in [0.29, 0.717) is 17.3 Å². The number of aliphatic hydroxyl groups is 2. The molecule has 102 valence electrons. The van der Waals surface area contributed by atoms with Crippen molar-refractivity contribution in [1.29, 1.82) is 0 Å². The highest BCUT2D eigenvalue weighted by molar-refractivity contribution is 5.16. The lowest BCUT2D eigenvalue weighted by molar-refractivity contribution is -0.319. The van der Waals surface area contributed by atoms with E-state index in [1.807, 2.05) is 0 Å². The Morgan fingerprint density at radius 2 is 1.78 bits per heavy atom. The third-order valence-corrected chi connectivity index (χ3v) is 5.87. The van der Waals surface area contributed by atoms with Crippen molar-refractivity contribution >= 4 is 0 Å². The molecular weight excluding hydrogens is 232 g/mol. The van der Waals surface area contributed by atoms with Gasteiger partial charge in [0.2, 0.25) is 12.1 Å². The van der Waals surface area contributed by atoms with Crippen molar-refractivity contribution in [3.05, 3.63) is 0 Å². The minimum atomic E-state index is -1.46. The molecule has 0 radical (unpaired) electrons. The molecule has 3 unspecified atom stereocenters. The lowest BCUT2D eigenvalue weighted by Gasteiger charge is -2.42. The average molecular weight is 254 g/mol. The predicted molar refractivity (Wildman–Crippen MR) is 63.4 cm³/mol. The lowest BCUT2D eigenvalue weighted by Crippen LogP contribution is -2.48. The Labute approximate surface area is 107 Å². The van der Waals surface area contributed by atoms with E-state index in [2.05, 4.69) is 20.8 Å². The molecule has 4 aliphatic rings. The summed E-state index contributed by atoms with van der Waals surface area (Å²) in [7, 11) is 0. The van der Waals surface area contributed by atoms with E-state index < -0.39 is 12.1 Å². The zero-order valence-corrected chi connectivity index (χ0v) is 11.2. The van der Waals surface area contributed by atoms with Gasteiger partial charge in [-0.25, -0.2) is 0 Å². The summed E-state index contributed by atoms with van der Waals surface area (Å²) in [6.45, 7) is 6.69. The van der Waals surface area contributed by atoms with Crippen molar-refractivity contribution < 1.29 is 19.7 Å². The van der Waals surface area contributed by atoms with Crippen molar-refractivity contribution in [2.24, 2.45) is 23.2 Å². The van der Waals surface area contributed by atoms with E-state index in [9.17, 15) is 10.2 Å². The number of rotatable bonds is 0. The molecule has 7 atom stereocenters. The zero-order valence-electron chi connectivity index (χ0n) is 11.2. The first-order valence-electron chi connectivity index (χ1n) is 7.01. The van der Waals surface area contributed by atoms with Gasteiger partial charge >= 0.3 is 0 Å². The quantitative estimate of drug-likeness (QED) is 0.683. The fourth-order valence-electron chi connectivity index (χ4n) is 5.25. The maximum atomic E-state index is 10.5. The van der Waals surface area contributed by atoms with Crippen LogP contribution in [-0.4, -0.2) is 34.0 Å². The van der Waals surface area contributed by atoms with Crippen LogP contribution in [0.25, 0.3) is 0 Å². The third kappa shape index (κ3) is 1.16. The van der Waals surface area contributed by atoms with Gasteiger partial charge < -0.3 is 19.7 Å². The Hall–Kier alpha value is -0.160. The van der Waals surface area contributed by atoms with Crippen LogP contribution in [0.4, 0.5) is 0 Å². The highest BCUT2D eigenvalue weighted by atomic mass is 16.7. The maximum Gasteiger partial charge on any atom is 0.224 e. The van der Waals surface area contributed by atoms with Crippen LogP contribution in [0.2, 0.25) is 0 Å². The first-order valence-corrected chi connectivity index (χ1v) is 7.01. The van der Waals surface area contributed by atoms with Crippen LogP contribution < -0.4 is 0 Å². The Kier molecular flexibility index (Phi) is 1.91. The maximum absolute atomic E-state index is 10.5. The molecule has 2 saturated heterocycles. The third-order valence-electron chi connectivity index (χ3n) is 5.87. The molecule has 0 aromatic carbocycles. The van der Waals surface area contributed by atoms with Gasteiger partial charge in [0.1, 0.15) is 0 Å². The van der Waals surface area contributed by atoms with Gasteiger partial charge in [0, 0.05) is 5.92 Å². The summed E-state index contributed by atoms with van der Waals surface area (Å²) in [4.78, 5) is 0. The van der Waals surface area contributed by atoms with Gasteiger partial charge in [-0.1, -0.05) is 13.8 Å². The van der Waals surface area contributed by atoms with Crippen LogP contribution in [0.5, 0.6) is 0 Å². The van der Waals surface area contributed by atoms with E-state index in [4.69, 9.17) is 9.47 Å². The van der Waals surface area contributed by atoms with Crippen LogP contribution in [0.3, 0.4) is 0 Å². The summed E-state index contributed by atoms with van der Waals surface area (Å²) in [5.41, 5.74) is 0.0142. The molecule has 2 aliphatic heterocycles. The Balaban J connectivity index is 1.79. The van der Waals surface area contributed by atoms with E-state index in [0.717, 1.165) is 19.3 Å². The number of hydrogen-bond acceptors (Lipinski definition) is 4. The fourth-order valence-corrected chi connectivity index (χ4v) is 5.25. The summed E-state index contributed by atoms with van der Waals surface area (Å²) in [5.74, 6) is -0.675. The standard InChI is InChI=1S/C14H22O4/c1-12(2)4-7-8(5-12)13(3)6-9-10(7)17-11(15)14(9,16)18-13/h7-11,15-16H,4-6H2,1-3H3/t7-,8+,9?,10?,11-,13?,14-/m1/s1. The van der Waals surface area contributed by atoms with Gasteiger partial charge in [0.15, 0.2) is 0 Å². The molecule has 4 nitrogen and oxygen atoms in total. The van der Waals surface area contributed by atoms with E-state index in [-0.39, 0.29) is 17.6 Å². The molecule has 18 heavy (non-hydrogen) atoms. The van der Waals surface area contributed by atoms with Crippen LogP contribution in [0.15, 0.2) is 0 Å². The molecule has 2 heterocycles. The monoisotopic (exact) mass is 254 g/mol. The molecule has 2 bridgehead atoms. The summed E-state index contributed by atoms with van der Waals surface area (Å²) >= 11 is 0. The second-order valence-electron chi connectivity index (χ2n) is 7.77. The molecule has 2 saturated carbocycles. The van der Waals surface area contributed by atoms with Crippen LogP contribution in [-0.2, 0) is 9.47 Å². The summed E-state index contributed by atoms with van der Waals surface area (Å²) < 4.78 is 11.6. The molecule has 2 aliphatic carbocycles. The van der Waals surface area contributed by atoms with Crippen molar-refractivity contribution in [3.63, 3.8) is 0 Å². The Bertz CT molecular complexity index is 409. The van der Waals surface area contributed by atoms with Gasteiger partial charge in [-0.3, -0.25) is 0 Å². The minimum absolute atomic E-state index is 0.0349. The molecular formula is C14H22O4. The first kappa shape index (κ1) is 11.6. The van der Waals surface area contributed by atoms with Crippen molar-refractivity contribution in [1.82, 2.24) is 0 Å². The molecule has 0 spiro atoms. The lowest BCUT2D eigenvalue weighted by atomic mass is 9.67. The van der Waals surface area contributed by atoms with Gasteiger partial charge in [0.25, 0.3) is 0 Å².